The summed E-state index contributed by atoms with van der Waals surface area (Å²) < 4.78 is 64.9. The number of halogens is 4. The highest BCUT2D eigenvalue weighted by Crippen LogP contribution is 2.29. The smallest absolute Gasteiger partial charge is 0.207 e. The fraction of sp³-hybridized carbons (Fsp3) is 0.143. The molecule has 0 bridgehead atoms. The molecular weight excluding hydrogens is 383 g/mol. The fourth-order valence-corrected chi connectivity index (χ4v) is 3.37. The largest absolute Gasteiger partial charge is 0.416 e. The monoisotopic (exact) mass is 393 g/mol. The van der Waals surface area contributed by atoms with E-state index in [-0.39, 0.29) is 17.0 Å². The lowest BCUT2D eigenvalue weighted by atomic mass is 10.1. The van der Waals surface area contributed by atoms with Crippen LogP contribution in [-0.4, -0.2) is 8.42 Å². The van der Waals surface area contributed by atoms with E-state index in [0.29, 0.717) is 4.47 Å². The third-order valence-electron chi connectivity index (χ3n) is 2.83. The molecule has 2 rings (SSSR count). The number of alkyl halides is 3. The lowest BCUT2D eigenvalue weighted by Gasteiger charge is -2.10. The van der Waals surface area contributed by atoms with Gasteiger partial charge in [0.25, 0.3) is 0 Å². The second-order valence-electron chi connectivity index (χ2n) is 4.48. The van der Waals surface area contributed by atoms with Crippen molar-refractivity contribution in [3.63, 3.8) is 0 Å². The average molecular weight is 394 g/mol. The lowest BCUT2D eigenvalue weighted by molar-refractivity contribution is -0.137. The molecule has 0 aliphatic heterocycles. The van der Waals surface area contributed by atoms with E-state index in [4.69, 9.17) is 0 Å². The molecule has 0 unspecified atom stereocenters. The summed E-state index contributed by atoms with van der Waals surface area (Å²) in [6.07, 6.45) is -4.46. The SMILES string of the molecule is O=S(=O)(NCc1cccc(C(F)(F)F)c1)c1cccc(Br)c1. The van der Waals surface area contributed by atoms with Crippen molar-refractivity contribution in [3.8, 4) is 0 Å². The first kappa shape index (κ1) is 17.0. The van der Waals surface area contributed by atoms with Crippen LogP contribution in [0.1, 0.15) is 11.1 Å². The molecule has 8 heteroatoms. The van der Waals surface area contributed by atoms with Gasteiger partial charge in [-0.25, -0.2) is 13.1 Å². The molecule has 0 spiro atoms. The van der Waals surface area contributed by atoms with Gasteiger partial charge in [0.1, 0.15) is 0 Å². The topological polar surface area (TPSA) is 46.2 Å². The summed E-state index contributed by atoms with van der Waals surface area (Å²) in [5, 5.41) is 0. The molecule has 2 aromatic rings. The number of benzene rings is 2. The van der Waals surface area contributed by atoms with E-state index in [9.17, 15) is 21.6 Å². The van der Waals surface area contributed by atoms with Crippen molar-refractivity contribution < 1.29 is 21.6 Å². The van der Waals surface area contributed by atoms with Crippen molar-refractivity contribution in [3.05, 3.63) is 64.1 Å². The zero-order valence-electron chi connectivity index (χ0n) is 11.1. The van der Waals surface area contributed by atoms with E-state index >= 15 is 0 Å². The van der Waals surface area contributed by atoms with Gasteiger partial charge in [0.2, 0.25) is 10.0 Å². The van der Waals surface area contributed by atoms with Gasteiger partial charge in [-0.05, 0) is 29.8 Å². The molecule has 0 heterocycles. The Labute approximate surface area is 134 Å². The molecule has 0 amide bonds. The molecule has 0 aromatic heterocycles. The number of nitrogens with one attached hydrogen (secondary N) is 1. The highest BCUT2D eigenvalue weighted by atomic mass is 79.9. The van der Waals surface area contributed by atoms with Crippen molar-refractivity contribution in [1.29, 1.82) is 0 Å². The Morgan fingerprint density at radius 3 is 2.36 bits per heavy atom. The summed E-state index contributed by atoms with van der Waals surface area (Å²) >= 11 is 3.16. The Kier molecular flexibility index (Phi) is 4.93. The molecule has 0 saturated heterocycles. The summed E-state index contributed by atoms with van der Waals surface area (Å²) in [5.74, 6) is 0. The van der Waals surface area contributed by atoms with Crippen molar-refractivity contribution in [2.24, 2.45) is 0 Å². The zero-order valence-corrected chi connectivity index (χ0v) is 13.5. The normalized spacial score (nSPS) is 12.4. The van der Waals surface area contributed by atoms with Crippen LogP contribution in [0.3, 0.4) is 0 Å². The molecule has 0 fully saturated rings. The summed E-state index contributed by atoms with van der Waals surface area (Å²) in [5.41, 5.74) is -0.583. The van der Waals surface area contributed by atoms with E-state index in [0.717, 1.165) is 12.1 Å². The second kappa shape index (κ2) is 6.39. The molecule has 0 radical (unpaired) electrons. The quantitative estimate of drug-likeness (QED) is 0.854. The Morgan fingerprint density at radius 1 is 1.05 bits per heavy atom. The Bertz CT molecular complexity index is 776. The van der Waals surface area contributed by atoms with Crippen LogP contribution in [0.5, 0.6) is 0 Å². The maximum atomic E-state index is 12.6. The average Bonchev–Trinajstić information content (AvgIpc) is 2.45. The van der Waals surface area contributed by atoms with Crippen molar-refractivity contribution in [2.45, 2.75) is 17.6 Å². The Morgan fingerprint density at radius 2 is 1.73 bits per heavy atom. The molecular formula is C14H11BrF3NO2S. The molecule has 0 aliphatic rings. The van der Waals surface area contributed by atoms with Crippen LogP contribution in [0.4, 0.5) is 13.2 Å². The van der Waals surface area contributed by atoms with Gasteiger partial charge >= 0.3 is 6.18 Å². The summed E-state index contributed by atoms with van der Waals surface area (Å²) in [7, 11) is -3.79. The van der Waals surface area contributed by atoms with E-state index in [1.54, 1.807) is 12.1 Å². The Hall–Kier alpha value is -1.38. The molecule has 3 nitrogen and oxygen atoms in total. The summed E-state index contributed by atoms with van der Waals surface area (Å²) in [6, 6.07) is 10.6. The van der Waals surface area contributed by atoms with Gasteiger partial charge in [0, 0.05) is 11.0 Å². The van der Waals surface area contributed by atoms with Crippen molar-refractivity contribution >= 4 is 26.0 Å². The highest BCUT2D eigenvalue weighted by molar-refractivity contribution is 9.10. The number of hydrogen-bond donors (Lipinski definition) is 1. The Balaban J connectivity index is 2.16. The third kappa shape index (κ3) is 4.31. The second-order valence-corrected chi connectivity index (χ2v) is 7.16. The predicted octanol–water partition coefficient (Wildman–Crippen LogP) is 3.95. The van der Waals surface area contributed by atoms with E-state index < -0.39 is 21.8 Å². The maximum absolute atomic E-state index is 12.6. The van der Waals surface area contributed by atoms with Gasteiger partial charge in [-0.3, -0.25) is 0 Å². The van der Waals surface area contributed by atoms with Gasteiger partial charge in [-0.2, -0.15) is 13.2 Å². The maximum Gasteiger partial charge on any atom is 0.416 e. The van der Waals surface area contributed by atoms with Gasteiger partial charge in [0.05, 0.1) is 10.5 Å². The van der Waals surface area contributed by atoms with Gasteiger partial charge in [0.15, 0.2) is 0 Å². The zero-order chi connectivity index (χ0) is 16.4. The molecule has 22 heavy (non-hydrogen) atoms. The third-order valence-corrected chi connectivity index (χ3v) is 4.72. The first-order valence-corrected chi connectivity index (χ1v) is 8.37. The van der Waals surface area contributed by atoms with E-state index in [2.05, 4.69) is 20.7 Å². The fourth-order valence-electron chi connectivity index (χ4n) is 1.75. The van der Waals surface area contributed by atoms with Crippen LogP contribution in [0.15, 0.2) is 57.9 Å². The van der Waals surface area contributed by atoms with Crippen LogP contribution in [0.2, 0.25) is 0 Å². The standard InChI is InChI=1S/C14H11BrF3NO2S/c15-12-5-2-6-13(8-12)22(20,21)19-9-10-3-1-4-11(7-10)14(16,17)18/h1-8,19H,9H2. The highest BCUT2D eigenvalue weighted by Gasteiger charge is 2.30. The van der Waals surface area contributed by atoms with E-state index in [1.807, 2.05) is 0 Å². The minimum absolute atomic E-state index is 0.0360. The predicted molar refractivity (Wildman–Crippen MR) is 79.6 cm³/mol. The van der Waals surface area contributed by atoms with Crippen LogP contribution < -0.4 is 4.72 Å². The molecule has 0 aliphatic carbocycles. The first-order chi connectivity index (χ1) is 10.2. The minimum Gasteiger partial charge on any atom is -0.207 e. The van der Waals surface area contributed by atoms with Crippen molar-refractivity contribution in [1.82, 2.24) is 4.72 Å². The van der Waals surface area contributed by atoms with Gasteiger partial charge in [-0.15, -0.1) is 0 Å². The number of rotatable bonds is 4. The number of sulfonamides is 1. The summed E-state index contributed by atoms with van der Waals surface area (Å²) in [6.45, 7) is -0.223. The summed E-state index contributed by atoms with van der Waals surface area (Å²) in [4.78, 5) is 0.0360. The number of hydrogen-bond acceptors (Lipinski definition) is 2. The van der Waals surface area contributed by atoms with Gasteiger partial charge < -0.3 is 0 Å². The van der Waals surface area contributed by atoms with E-state index in [1.165, 1.54) is 24.3 Å². The first-order valence-electron chi connectivity index (χ1n) is 6.10. The molecule has 2 aromatic carbocycles. The lowest BCUT2D eigenvalue weighted by Crippen LogP contribution is -2.23. The minimum atomic E-state index is -4.46. The molecule has 1 N–H and O–H groups in total. The van der Waals surface area contributed by atoms with Crippen LogP contribution in [-0.2, 0) is 22.7 Å². The van der Waals surface area contributed by atoms with Crippen LogP contribution in [0.25, 0.3) is 0 Å². The van der Waals surface area contributed by atoms with Gasteiger partial charge in [-0.1, -0.05) is 40.2 Å². The van der Waals surface area contributed by atoms with Crippen LogP contribution in [0, 0.1) is 0 Å². The molecule has 0 atom stereocenters. The van der Waals surface area contributed by atoms with Crippen LogP contribution >= 0.6 is 15.9 Å². The van der Waals surface area contributed by atoms with Crippen molar-refractivity contribution in [2.75, 3.05) is 0 Å². The molecule has 0 saturated carbocycles. The molecule has 118 valence electrons.